The van der Waals surface area contributed by atoms with Crippen LogP contribution in [-0.4, -0.2) is 23.3 Å². The molecule has 0 saturated carbocycles. The van der Waals surface area contributed by atoms with Crippen LogP contribution >= 0.6 is 0 Å². The van der Waals surface area contributed by atoms with Gasteiger partial charge in [-0.3, -0.25) is 4.98 Å². The van der Waals surface area contributed by atoms with Crippen molar-refractivity contribution in [3.63, 3.8) is 0 Å². The summed E-state index contributed by atoms with van der Waals surface area (Å²) >= 11 is 0. The first kappa shape index (κ1) is 15.8. The summed E-state index contributed by atoms with van der Waals surface area (Å²) in [5.74, 6) is 2.71. The van der Waals surface area contributed by atoms with Gasteiger partial charge in [-0.15, -0.1) is 6.42 Å². The Morgan fingerprint density at radius 3 is 2.26 bits per heavy atom. The van der Waals surface area contributed by atoms with E-state index in [2.05, 4.69) is 5.92 Å². The number of nitrogens with zero attached hydrogens (tertiary/aromatic N) is 1. The molecule has 2 aromatic rings. The van der Waals surface area contributed by atoms with E-state index in [1.807, 2.05) is 70.2 Å². The van der Waals surface area contributed by atoms with Gasteiger partial charge in [0.25, 0.3) is 0 Å². The molecule has 3 rings (SSSR count). The molecule has 1 aromatic carbocycles. The fraction of sp³-hybridized carbons (Fsp3) is 0.316. The van der Waals surface area contributed by atoms with Gasteiger partial charge in [-0.2, -0.15) is 0 Å². The van der Waals surface area contributed by atoms with E-state index in [1.165, 1.54) is 0 Å². The number of hydrogen-bond donors (Lipinski definition) is 0. The van der Waals surface area contributed by atoms with Gasteiger partial charge in [0.05, 0.1) is 22.5 Å². The predicted molar refractivity (Wildman–Crippen MR) is 93.3 cm³/mol. The van der Waals surface area contributed by atoms with E-state index in [-0.39, 0.29) is 11.2 Å². The Kier molecular flexibility index (Phi) is 3.79. The summed E-state index contributed by atoms with van der Waals surface area (Å²) in [5.41, 5.74) is 2.58. The standard InChI is InChI=1S/C19H20BNO2/c1-6-14-10-7-8-11-15(14)16-12-9-13-17(21-16)20-22-18(2,3)19(4,5)23-20/h1,7-13H,2-5H3. The van der Waals surface area contributed by atoms with Gasteiger partial charge in [-0.25, -0.2) is 0 Å². The summed E-state index contributed by atoms with van der Waals surface area (Å²) in [5, 5.41) is 0. The Labute approximate surface area is 138 Å². The highest BCUT2D eigenvalue weighted by molar-refractivity contribution is 6.61. The molecule has 0 N–H and O–H groups in total. The molecule has 1 aliphatic heterocycles. The van der Waals surface area contributed by atoms with Crippen LogP contribution in [0.1, 0.15) is 33.3 Å². The molecular formula is C19H20BNO2. The maximum atomic E-state index is 6.07. The Bertz CT molecular complexity index is 761. The Morgan fingerprint density at radius 2 is 1.61 bits per heavy atom. The van der Waals surface area contributed by atoms with Gasteiger partial charge in [0.15, 0.2) is 0 Å². The predicted octanol–water partition coefficient (Wildman–Crippen LogP) is 3.03. The zero-order valence-corrected chi connectivity index (χ0v) is 14.0. The van der Waals surface area contributed by atoms with Crippen LogP contribution in [0.2, 0.25) is 0 Å². The minimum absolute atomic E-state index is 0.383. The van der Waals surface area contributed by atoms with Crippen molar-refractivity contribution in [2.75, 3.05) is 0 Å². The average molecular weight is 305 g/mol. The summed E-state index contributed by atoms with van der Waals surface area (Å²) in [6.07, 6.45) is 5.59. The van der Waals surface area contributed by atoms with Crippen molar-refractivity contribution in [3.8, 4) is 23.6 Å². The highest BCUT2D eigenvalue weighted by Gasteiger charge is 2.52. The molecule has 0 spiro atoms. The van der Waals surface area contributed by atoms with E-state index in [1.54, 1.807) is 0 Å². The monoisotopic (exact) mass is 305 g/mol. The molecule has 0 amide bonds. The molecular weight excluding hydrogens is 285 g/mol. The molecule has 0 radical (unpaired) electrons. The molecule has 0 aliphatic carbocycles. The van der Waals surface area contributed by atoms with Crippen LogP contribution < -0.4 is 5.59 Å². The van der Waals surface area contributed by atoms with Gasteiger partial charge >= 0.3 is 7.12 Å². The molecule has 116 valence electrons. The van der Waals surface area contributed by atoms with Gasteiger partial charge < -0.3 is 9.31 Å². The summed E-state index contributed by atoms with van der Waals surface area (Å²) in [7, 11) is -0.474. The second-order valence-corrected chi connectivity index (χ2v) is 6.73. The third-order valence-electron chi connectivity index (χ3n) is 4.62. The number of pyridine rings is 1. The lowest BCUT2D eigenvalue weighted by Crippen LogP contribution is -2.41. The van der Waals surface area contributed by atoms with Crippen molar-refractivity contribution in [1.82, 2.24) is 4.98 Å². The van der Waals surface area contributed by atoms with Gasteiger partial charge in [0.1, 0.15) is 0 Å². The van der Waals surface area contributed by atoms with Crippen molar-refractivity contribution < 1.29 is 9.31 Å². The lowest BCUT2D eigenvalue weighted by Gasteiger charge is -2.32. The van der Waals surface area contributed by atoms with Crippen molar-refractivity contribution in [1.29, 1.82) is 0 Å². The third-order valence-corrected chi connectivity index (χ3v) is 4.62. The molecule has 1 aliphatic rings. The van der Waals surface area contributed by atoms with Crippen molar-refractivity contribution in [2.45, 2.75) is 38.9 Å². The summed E-state index contributed by atoms with van der Waals surface area (Å²) in [6, 6.07) is 13.6. The smallest absolute Gasteiger partial charge is 0.398 e. The summed E-state index contributed by atoms with van der Waals surface area (Å²) < 4.78 is 12.1. The fourth-order valence-corrected chi connectivity index (χ4v) is 2.53. The van der Waals surface area contributed by atoms with Crippen LogP contribution in [0.25, 0.3) is 11.3 Å². The first-order valence-electron chi connectivity index (χ1n) is 7.73. The average Bonchev–Trinajstić information content (AvgIpc) is 2.75. The third kappa shape index (κ3) is 2.78. The van der Waals surface area contributed by atoms with Crippen LogP contribution in [0.15, 0.2) is 42.5 Å². The zero-order valence-electron chi connectivity index (χ0n) is 14.0. The summed E-state index contributed by atoms with van der Waals surface area (Å²) in [6.45, 7) is 8.13. The van der Waals surface area contributed by atoms with E-state index in [9.17, 15) is 0 Å². The van der Waals surface area contributed by atoms with Crippen molar-refractivity contribution >= 4 is 12.7 Å². The van der Waals surface area contributed by atoms with Gasteiger partial charge in [0.2, 0.25) is 0 Å². The Hall–Kier alpha value is -2.09. The van der Waals surface area contributed by atoms with Gasteiger partial charge in [-0.05, 0) is 45.9 Å². The molecule has 1 fully saturated rings. The molecule has 0 unspecified atom stereocenters. The lowest BCUT2D eigenvalue weighted by molar-refractivity contribution is 0.00578. The quantitative estimate of drug-likeness (QED) is 0.631. The number of aromatic nitrogens is 1. The van der Waals surface area contributed by atoms with Crippen LogP contribution in [0.5, 0.6) is 0 Å². The van der Waals surface area contributed by atoms with E-state index in [0.717, 1.165) is 22.4 Å². The minimum Gasteiger partial charge on any atom is -0.398 e. The molecule has 0 atom stereocenters. The van der Waals surface area contributed by atoms with Crippen LogP contribution in [0.3, 0.4) is 0 Å². The molecule has 1 saturated heterocycles. The molecule has 1 aromatic heterocycles. The highest BCUT2D eigenvalue weighted by atomic mass is 16.7. The number of benzene rings is 1. The normalized spacial score (nSPS) is 18.7. The Morgan fingerprint density at radius 1 is 0.957 bits per heavy atom. The maximum Gasteiger partial charge on any atom is 0.514 e. The first-order chi connectivity index (χ1) is 10.8. The second kappa shape index (κ2) is 5.52. The van der Waals surface area contributed by atoms with Gasteiger partial charge in [0, 0.05) is 11.1 Å². The molecule has 0 bridgehead atoms. The Balaban J connectivity index is 1.98. The summed E-state index contributed by atoms with van der Waals surface area (Å²) in [4.78, 5) is 4.72. The van der Waals surface area contributed by atoms with Crippen molar-refractivity contribution in [2.24, 2.45) is 0 Å². The van der Waals surface area contributed by atoms with E-state index in [0.29, 0.717) is 0 Å². The molecule has 23 heavy (non-hydrogen) atoms. The maximum absolute atomic E-state index is 6.07. The molecule has 2 heterocycles. The molecule has 3 nitrogen and oxygen atoms in total. The van der Waals surface area contributed by atoms with Crippen LogP contribution in [0.4, 0.5) is 0 Å². The largest absolute Gasteiger partial charge is 0.514 e. The van der Waals surface area contributed by atoms with E-state index >= 15 is 0 Å². The topological polar surface area (TPSA) is 31.4 Å². The molecule has 4 heteroatoms. The fourth-order valence-electron chi connectivity index (χ4n) is 2.53. The van der Waals surface area contributed by atoms with Crippen LogP contribution in [-0.2, 0) is 9.31 Å². The van der Waals surface area contributed by atoms with E-state index in [4.69, 9.17) is 20.7 Å². The second-order valence-electron chi connectivity index (χ2n) is 6.73. The zero-order chi connectivity index (χ0) is 16.7. The van der Waals surface area contributed by atoms with Crippen LogP contribution in [0, 0.1) is 12.3 Å². The van der Waals surface area contributed by atoms with Crippen molar-refractivity contribution in [3.05, 3.63) is 48.0 Å². The lowest BCUT2D eigenvalue weighted by atomic mass is 9.84. The van der Waals surface area contributed by atoms with Gasteiger partial charge in [-0.1, -0.05) is 30.2 Å². The first-order valence-corrected chi connectivity index (χ1v) is 7.73. The SMILES string of the molecule is C#Cc1ccccc1-c1cccc(B2OC(C)(C)C(C)(C)O2)n1. The highest BCUT2D eigenvalue weighted by Crippen LogP contribution is 2.36. The minimum atomic E-state index is -0.474. The number of rotatable bonds is 2. The van der Waals surface area contributed by atoms with E-state index < -0.39 is 7.12 Å². The number of hydrogen-bond acceptors (Lipinski definition) is 3. The number of terminal acetylenes is 1.